The van der Waals surface area contributed by atoms with E-state index in [-0.39, 0.29) is 0 Å². The van der Waals surface area contributed by atoms with E-state index in [0.29, 0.717) is 35.3 Å². The molecule has 0 unspecified atom stereocenters. The molecule has 0 bridgehead atoms. The molecule has 0 radical (unpaired) electrons. The highest BCUT2D eigenvalue weighted by Crippen LogP contribution is 2.56. The van der Waals surface area contributed by atoms with Gasteiger partial charge >= 0.3 is 0 Å². The minimum Gasteiger partial charge on any atom is -0.489 e. The first-order chi connectivity index (χ1) is 20.8. The zero-order valence-corrected chi connectivity index (χ0v) is 25.4. The van der Waals surface area contributed by atoms with Gasteiger partial charge < -0.3 is 20.1 Å². The fraction of sp³-hybridized carbons (Fsp3) is 0.364. The van der Waals surface area contributed by atoms with E-state index in [9.17, 15) is 0 Å². The van der Waals surface area contributed by atoms with Crippen LogP contribution in [0.3, 0.4) is 0 Å². The maximum absolute atomic E-state index is 6.34. The van der Waals surface area contributed by atoms with Gasteiger partial charge in [-0.2, -0.15) is 5.10 Å². The molecule has 1 aliphatic carbocycles. The zero-order chi connectivity index (χ0) is 30.1. The van der Waals surface area contributed by atoms with Gasteiger partial charge in [-0.15, -0.1) is 0 Å². The Labute approximate surface area is 251 Å². The average molecular weight is 579 g/mol. The van der Waals surface area contributed by atoms with Gasteiger partial charge in [0.1, 0.15) is 47.0 Å². The van der Waals surface area contributed by atoms with Gasteiger partial charge in [-0.3, -0.25) is 0 Å². The van der Waals surface area contributed by atoms with Gasteiger partial charge in [0, 0.05) is 43.0 Å². The monoisotopic (exact) mass is 578 g/mol. The number of fused-ring (bicyclic) bond motifs is 1. The third kappa shape index (κ3) is 5.75. The number of anilines is 1. The van der Waals surface area contributed by atoms with E-state index in [4.69, 9.17) is 20.3 Å². The second kappa shape index (κ2) is 11.6. The number of likely N-dealkylation sites (tertiary alicyclic amines) is 1. The summed E-state index contributed by atoms with van der Waals surface area (Å²) in [4.78, 5) is 19.7. The Hall–Kier alpha value is -4.57. The van der Waals surface area contributed by atoms with Crippen molar-refractivity contribution in [3.63, 3.8) is 0 Å². The Kier molecular flexibility index (Phi) is 7.70. The van der Waals surface area contributed by atoms with E-state index in [0.717, 1.165) is 71.0 Å². The number of aromatic nitrogens is 6. The Balaban J connectivity index is 0.00000161. The van der Waals surface area contributed by atoms with Crippen LogP contribution < -0.4 is 15.2 Å². The number of nitrogen functional groups attached to an aromatic ring is 1. The smallest absolute Gasteiger partial charge is 0.153 e. The van der Waals surface area contributed by atoms with Crippen molar-refractivity contribution in [1.29, 1.82) is 0 Å². The number of benzene rings is 2. The molecule has 5 aromatic rings. The molecule has 3 aromatic heterocycles. The molecular weight excluding hydrogens is 540 g/mol. The molecule has 7 rings (SSSR count). The lowest BCUT2D eigenvalue weighted by atomic mass is 9.57. The maximum atomic E-state index is 6.34. The van der Waals surface area contributed by atoms with Crippen LogP contribution in [0.4, 0.5) is 5.82 Å². The van der Waals surface area contributed by atoms with Crippen LogP contribution in [0, 0.1) is 19.3 Å². The molecule has 2 fully saturated rings. The summed E-state index contributed by atoms with van der Waals surface area (Å²) in [5.74, 6) is 3.66. The standard InChI is InChI=1S/C31H32N8O2.C2H6/c1-19-8-25(40-15-21-13-33-20(2)34-14-21)10-26(9-19)41-24-6-4-23(5-7-24)39-29-28(35-18-36-30(29)32)27(37-39)22-11-31(12-22)16-38(3)17-31;1-2/h4-10,13-14,18,22H,11-12,15-17H2,1-3H3,(H2,32,35,36);1-2H3. The van der Waals surface area contributed by atoms with Crippen molar-refractivity contribution >= 4 is 16.9 Å². The van der Waals surface area contributed by atoms with Crippen molar-refractivity contribution < 1.29 is 9.47 Å². The van der Waals surface area contributed by atoms with Gasteiger partial charge in [0.05, 0.1) is 11.4 Å². The first-order valence-electron chi connectivity index (χ1n) is 14.8. The van der Waals surface area contributed by atoms with E-state index >= 15 is 0 Å². The zero-order valence-electron chi connectivity index (χ0n) is 25.4. The Morgan fingerprint density at radius 3 is 2.30 bits per heavy atom. The molecule has 1 spiro atoms. The predicted molar refractivity (Wildman–Crippen MR) is 167 cm³/mol. The molecule has 2 N–H and O–H groups in total. The fourth-order valence-electron chi connectivity index (χ4n) is 6.30. The molecular formula is C33H38N8O2. The number of ether oxygens (including phenoxy) is 2. The maximum Gasteiger partial charge on any atom is 0.153 e. The van der Waals surface area contributed by atoms with Gasteiger partial charge in [0.2, 0.25) is 0 Å². The second-order valence-corrected chi connectivity index (χ2v) is 11.5. The van der Waals surface area contributed by atoms with Crippen molar-refractivity contribution in [1.82, 2.24) is 34.6 Å². The Morgan fingerprint density at radius 1 is 0.907 bits per heavy atom. The molecule has 1 saturated heterocycles. The molecule has 2 aliphatic rings. The molecule has 1 aliphatic heterocycles. The summed E-state index contributed by atoms with van der Waals surface area (Å²) in [5.41, 5.74) is 12.2. The predicted octanol–water partition coefficient (Wildman–Crippen LogP) is 6.01. The van der Waals surface area contributed by atoms with Crippen molar-refractivity contribution in [2.75, 3.05) is 25.9 Å². The summed E-state index contributed by atoms with van der Waals surface area (Å²) in [7, 11) is 2.18. The van der Waals surface area contributed by atoms with Crippen LogP contribution in [0.25, 0.3) is 16.7 Å². The molecule has 4 heterocycles. The SMILES string of the molecule is CC.Cc1cc(OCc2cnc(C)nc2)cc(Oc2ccc(-n3nc(C4CC5(C4)CN(C)C5)c4ncnc(N)c43)cc2)c1. The topological polar surface area (TPSA) is 117 Å². The van der Waals surface area contributed by atoms with Gasteiger partial charge in [0.15, 0.2) is 5.82 Å². The molecule has 0 atom stereocenters. The summed E-state index contributed by atoms with van der Waals surface area (Å²) in [6.45, 7) is 10.6. The van der Waals surface area contributed by atoms with Crippen LogP contribution in [-0.4, -0.2) is 54.8 Å². The summed E-state index contributed by atoms with van der Waals surface area (Å²) in [5, 5.41) is 5.03. The van der Waals surface area contributed by atoms with Crippen LogP contribution in [0.2, 0.25) is 0 Å². The van der Waals surface area contributed by atoms with E-state index in [1.807, 2.05) is 74.8 Å². The van der Waals surface area contributed by atoms with Gasteiger partial charge in [-0.05, 0) is 81.1 Å². The van der Waals surface area contributed by atoms with Crippen LogP contribution in [-0.2, 0) is 6.61 Å². The van der Waals surface area contributed by atoms with E-state index < -0.39 is 0 Å². The van der Waals surface area contributed by atoms with E-state index in [1.54, 1.807) is 12.4 Å². The molecule has 0 amide bonds. The van der Waals surface area contributed by atoms with Crippen LogP contribution in [0.1, 0.15) is 55.3 Å². The highest BCUT2D eigenvalue weighted by molar-refractivity contribution is 5.88. The summed E-state index contributed by atoms with van der Waals surface area (Å²) >= 11 is 0. The second-order valence-electron chi connectivity index (χ2n) is 11.5. The number of nitrogens with zero attached hydrogens (tertiary/aromatic N) is 7. The van der Waals surface area contributed by atoms with E-state index in [2.05, 4.69) is 31.9 Å². The van der Waals surface area contributed by atoms with Crippen LogP contribution in [0.5, 0.6) is 17.2 Å². The lowest BCUT2D eigenvalue weighted by Gasteiger charge is -2.58. The number of hydrogen-bond acceptors (Lipinski definition) is 9. The minimum atomic E-state index is 0.378. The van der Waals surface area contributed by atoms with Crippen molar-refractivity contribution in [3.8, 4) is 22.9 Å². The molecule has 43 heavy (non-hydrogen) atoms. The summed E-state index contributed by atoms with van der Waals surface area (Å²) < 4.78 is 14.1. The molecule has 222 valence electrons. The lowest BCUT2D eigenvalue weighted by Crippen LogP contribution is -2.60. The quantitative estimate of drug-likeness (QED) is 0.248. The average Bonchev–Trinajstić information content (AvgIpc) is 3.35. The van der Waals surface area contributed by atoms with Crippen molar-refractivity contribution in [2.45, 2.75) is 53.1 Å². The van der Waals surface area contributed by atoms with Gasteiger partial charge in [0.25, 0.3) is 0 Å². The van der Waals surface area contributed by atoms with Crippen molar-refractivity contribution in [2.24, 2.45) is 5.41 Å². The number of hydrogen-bond donors (Lipinski definition) is 1. The van der Waals surface area contributed by atoms with E-state index in [1.165, 1.54) is 6.33 Å². The minimum absolute atomic E-state index is 0.378. The largest absolute Gasteiger partial charge is 0.489 e. The number of nitrogens with two attached hydrogens (primary N) is 1. The molecule has 2 aromatic carbocycles. The number of rotatable bonds is 7. The summed E-state index contributed by atoms with van der Waals surface area (Å²) in [6, 6.07) is 13.6. The van der Waals surface area contributed by atoms with Crippen LogP contribution in [0.15, 0.2) is 61.2 Å². The molecule has 1 saturated carbocycles. The third-order valence-electron chi connectivity index (χ3n) is 8.05. The highest BCUT2D eigenvalue weighted by atomic mass is 16.5. The molecule has 10 heteroatoms. The lowest BCUT2D eigenvalue weighted by molar-refractivity contribution is -0.0590. The fourth-order valence-corrected chi connectivity index (χ4v) is 6.30. The number of aryl methyl sites for hydroxylation is 2. The first kappa shape index (κ1) is 28.5. The van der Waals surface area contributed by atoms with Gasteiger partial charge in [-0.25, -0.2) is 24.6 Å². The Bertz CT molecular complexity index is 1720. The molecule has 10 nitrogen and oxygen atoms in total. The normalized spacial score (nSPS) is 15.8. The summed E-state index contributed by atoms with van der Waals surface area (Å²) in [6.07, 6.45) is 7.36. The van der Waals surface area contributed by atoms with Crippen molar-refractivity contribution in [3.05, 3.63) is 83.8 Å². The van der Waals surface area contributed by atoms with Crippen LogP contribution >= 0.6 is 0 Å². The Morgan fingerprint density at radius 2 is 1.60 bits per heavy atom. The van der Waals surface area contributed by atoms with Gasteiger partial charge in [-0.1, -0.05) is 13.8 Å². The highest BCUT2D eigenvalue weighted by Gasteiger charge is 2.52. The first-order valence-corrected chi connectivity index (χ1v) is 14.8. The third-order valence-corrected chi connectivity index (χ3v) is 8.05.